The van der Waals surface area contributed by atoms with Crippen LogP contribution in [0.1, 0.15) is 32.8 Å². The molecule has 1 heterocycles. The van der Waals surface area contributed by atoms with Gasteiger partial charge in [-0.15, -0.1) is 0 Å². The standard InChI is InChI=1S/C17H26N2O3/c1-16(2,3)22-15(20)18-12-17(21)9-10-19(13-17)11-14-7-5-4-6-8-14/h4-8,21H,9-13H2,1-3H3,(H,18,20). The van der Waals surface area contributed by atoms with Gasteiger partial charge in [0, 0.05) is 19.6 Å². The third-order valence-electron chi connectivity index (χ3n) is 3.62. The number of carbonyl (C=O) groups is 1. The summed E-state index contributed by atoms with van der Waals surface area (Å²) in [5.41, 5.74) is -0.181. The van der Waals surface area contributed by atoms with Crippen LogP contribution in [0, 0.1) is 0 Å². The first-order chi connectivity index (χ1) is 10.3. The van der Waals surface area contributed by atoms with Crippen LogP contribution in [0.5, 0.6) is 0 Å². The van der Waals surface area contributed by atoms with Crippen LogP contribution in [0.2, 0.25) is 0 Å². The topological polar surface area (TPSA) is 61.8 Å². The van der Waals surface area contributed by atoms with Crippen LogP contribution >= 0.6 is 0 Å². The molecule has 5 nitrogen and oxygen atoms in total. The van der Waals surface area contributed by atoms with Crippen LogP contribution in [0.3, 0.4) is 0 Å². The maximum atomic E-state index is 11.7. The Kier molecular flexibility index (Phi) is 5.08. The van der Waals surface area contributed by atoms with Gasteiger partial charge in [-0.2, -0.15) is 0 Å². The van der Waals surface area contributed by atoms with Crippen molar-refractivity contribution in [3.8, 4) is 0 Å². The van der Waals surface area contributed by atoms with Crippen LogP contribution < -0.4 is 5.32 Å². The van der Waals surface area contributed by atoms with Gasteiger partial charge in [-0.3, -0.25) is 4.90 Å². The second-order valence-electron chi connectivity index (χ2n) is 7.03. The predicted octanol–water partition coefficient (Wildman–Crippen LogP) is 2.15. The molecule has 1 aromatic rings. The highest BCUT2D eigenvalue weighted by molar-refractivity contribution is 5.67. The molecule has 1 atom stereocenters. The van der Waals surface area contributed by atoms with Gasteiger partial charge in [0.05, 0.1) is 12.1 Å². The number of hydrogen-bond acceptors (Lipinski definition) is 4. The molecule has 1 amide bonds. The summed E-state index contributed by atoms with van der Waals surface area (Å²) < 4.78 is 5.19. The van der Waals surface area contributed by atoms with E-state index in [1.54, 1.807) is 0 Å². The van der Waals surface area contributed by atoms with Gasteiger partial charge in [0.2, 0.25) is 0 Å². The van der Waals surface area contributed by atoms with E-state index in [-0.39, 0.29) is 6.54 Å². The highest BCUT2D eigenvalue weighted by Gasteiger charge is 2.36. The van der Waals surface area contributed by atoms with E-state index in [1.807, 2.05) is 39.0 Å². The molecule has 2 rings (SSSR count). The van der Waals surface area contributed by atoms with Crippen LogP contribution in [0.15, 0.2) is 30.3 Å². The Morgan fingerprint density at radius 3 is 2.68 bits per heavy atom. The third-order valence-corrected chi connectivity index (χ3v) is 3.62. The molecule has 0 bridgehead atoms. The number of alkyl carbamates (subject to hydrolysis) is 1. The van der Waals surface area contributed by atoms with Gasteiger partial charge in [-0.05, 0) is 32.8 Å². The van der Waals surface area contributed by atoms with Crippen molar-refractivity contribution in [2.75, 3.05) is 19.6 Å². The van der Waals surface area contributed by atoms with E-state index in [2.05, 4.69) is 22.3 Å². The molecule has 22 heavy (non-hydrogen) atoms. The second kappa shape index (κ2) is 6.67. The van der Waals surface area contributed by atoms with Crippen LogP contribution in [-0.4, -0.2) is 46.9 Å². The van der Waals surface area contributed by atoms with Gasteiger partial charge in [-0.1, -0.05) is 30.3 Å². The van der Waals surface area contributed by atoms with Crippen molar-refractivity contribution >= 4 is 6.09 Å². The third kappa shape index (κ3) is 5.31. The lowest BCUT2D eigenvalue weighted by molar-refractivity contribution is 0.0285. The number of rotatable bonds is 4. The highest BCUT2D eigenvalue weighted by Crippen LogP contribution is 2.22. The first kappa shape index (κ1) is 16.8. The minimum atomic E-state index is -0.883. The van der Waals surface area contributed by atoms with Gasteiger partial charge in [0.1, 0.15) is 5.60 Å². The fraction of sp³-hybridized carbons (Fsp3) is 0.588. The molecule has 0 aliphatic carbocycles. The Hall–Kier alpha value is -1.59. The number of nitrogens with one attached hydrogen (secondary N) is 1. The van der Waals surface area contributed by atoms with Gasteiger partial charge >= 0.3 is 6.09 Å². The fourth-order valence-corrected chi connectivity index (χ4v) is 2.61. The van der Waals surface area contributed by atoms with Gasteiger partial charge < -0.3 is 15.2 Å². The Bertz CT molecular complexity index is 498. The van der Waals surface area contributed by atoms with E-state index in [0.717, 1.165) is 13.1 Å². The quantitative estimate of drug-likeness (QED) is 0.895. The normalized spacial score (nSPS) is 22.5. The number of β-amino-alcohol motifs (C(OH)–C–C–N with tert-alkyl or cyclic N) is 1. The lowest BCUT2D eigenvalue weighted by atomic mass is 10.0. The molecular formula is C17H26N2O3. The number of carbonyl (C=O) groups excluding carboxylic acids is 1. The summed E-state index contributed by atoms with van der Waals surface area (Å²) in [6.07, 6.45) is 0.165. The zero-order chi connectivity index (χ0) is 16.2. The molecule has 1 aliphatic heterocycles. The Labute approximate surface area is 132 Å². The number of aliphatic hydroxyl groups is 1. The molecule has 1 unspecified atom stereocenters. The van der Waals surface area contributed by atoms with Gasteiger partial charge in [-0.25, -0.2) is 4.79 Å². The molecular weight excluding hydrogens is 280 g/mol. The maximum absolute atomic E-state index is 11.7. The summed E-state index contributed by atoms with van der Waals surface area (Å²) >= 11 is 0. The van der Waals surface area contributed by atoms with E-state index in [0.29, 0.717) is 13.0 Å². The van der Waals surface area contributed by atoms with Crippen molar-refractivity contribution in [1.82, 2.24) is 10.2 Å². The van der Waals surface area contributed by atoms with Crippen LogP contribution in [0.4, 0.5) is 4.79 Å². The van der Waals surface area contributed by atoms with Gasteiger partial charge in [0.15, 0.2) is 0 Å². The zero-order valence-corrected chi connectivity index (χ0v) is 13.6. The largest absolute Gasteiger partial charge is 0.444 e. The Morgan fingerprint density at radius 1 is 1.36 bits per heavy atom. The SMILES string of the molecule is CC(C)(C)OC(=O)NCC1(O)CCN(Cc2ccccc2)C1. The van der Waals surface area contributed by atoms with Crippen molar-refractivity contribution < 1.29 is 14.6 Å². The Morgan fingerprint density at radius 2 is 2.05 bits per heavy atom. The molecule has 5 heteroatoms. The number of hydrogen-bond donors (Lipinski definition) is 2. The van der Waals surface area contributed by atoms with E-state index >= 15 is 0 Å². The zero-order valence-electron chi connectivity index (χ0n) is 13.6. The molecule has 1 aromatic carbocycles. The molecule has 2 N–H and O–H groups in total. The van der Waals surface area contributed by atoms with E-state index < -0.39 is 17.3 Å². The fourth-order valence-electron chi connectivity index (χ4n) is 2.61. The molecule has 1 saturated heterocycles. The molecule has 122 valence electrons. The molecule has 1 fully saturated rings. The minimum absolute atomic E-state index is 0.215. The first-order valence-electron chi connectivity index (χ1n) is 7.71. The van der Waals surface area contributed by atoms with Crippen LogP contribution in [-0.2, 0) is 11.3 Å². The summed E-state index contributed by atoms with van der Waals surface area (Å²) in [4.78, 5) is 13.9. The summed E-state index contributed by atoms with van der Waals surface area (Å²) in [5, 5.41) is 13.2. The highest BCUT2D eigenvalue weighted by atomic mass is 16.6. The molecule has 0 saturated carbocycles. The van der Waals surface area contributed by atoms with Crippen LogP contribution in [0.25, 0.3) is 0 Å². The minimum Gasteiger partial charge on any atom is -0.444 e. The molecule has 1 aliphatic rings. The summed E-state index contributed by atoms with van der Waals surface area (Å²) in [5.74, 6) is 0. The summed E-state index contributed by atoms with van der Waals surface area (Å²) in [6.45, 7) is 7.86. The average Bonchev–Trinajstić information content (AvgIpc) is 2.78. The lowest BCUT2D eigenvalue weighted by Crippen LogP contribution is -2.46. The van der Waals surface area contributed by atoms with E-state index in [4.69, 9.17) is 4.74 Å². The van der Waals surface area contributed by atoms with E-state index in [9.17, 15) is 9.90 Å². The van der Waals surface area contributed by atoms with Crippen molar-refractivity contribution in [1.29, 1.82) is 0 Å². The number of likely N-dealkylation sites (tertiary alicyclic amines) is 1. The van der Waals surface area contributed by atoms with Crippen molar-refractivity contribution in [3.05, 3.63) is 35.9 Å². The number of nitrogens with zero attached hydrogens (tertiary/aromatic N) is 1. The van der Waals surface area contributed by atoms with Crippen molar-refractivity contribution in [2.24, 2.45) is 0 Å². The smallest absolute Gasteiger partial charge is 0.407 e. The summed E-state index contributed by atoms with van der Waals surface area (Å²) in [7, 11) is 0. The molecule has 0 aromatic heterocycles. The van der Waals surface area contributed by atoms with Crippen molar-refractivity contribution in [3.63, 3.8) is 0 Å². The number of benzene rings is 1. The number of ether oxygens (including phenoxy) is 1. The van der Waals surface area contributed by atoms with Crippen molar-refractivity contribution in [2.45, 2.75) is 44.9 Å². The predicted molar refractivity (Wildman–Crippen MR) is 85.5 cm³/mol. The maximum Gasteiger partial charge on any atom is 0.407 e. The van der Waals surface area contributed by atoms with E-state index in [1.165, 1.54) is 5.56 Å². The second-order valence-corrected chi connectivity index (χ2v) is 7.03. The lowest BCUT2D eigenvalue weighted by Gasteiger charge is -2.25. The Balaban J connectivity index is 1.79. The molecule has 0 radical (unpaired) electrons. The average molecular weight is 306 g/mol. The summed E-state index contributed by atoms with van der Waals surface area (Å²) in [6, 6.07) is 10.2. The first-order valence-corrected chi connectivity index (χ1v) is 7.71. The number of amides is 1. The molecule has 0 spiro atoms. The monoisotopic (exact) mass is 306 g/mol. The van der Waals surface area contributed by atoms with Gasteiger partial charge in [0.25, 0.3) is 0 Å².